The van der Waals surface area contributed by atoms with E-state index in [9.17, 15) is 4.79 Å². The zero-order chi connectivity index (χ0) is 15.5. The number of ketones is 1. The van der Waals surface area contributed by atoms with Crippen LogP contribution in [0.5, 0.6) is 0 Å². The zero-order valence-corrected chi connectivity index (χ0v) is 14.3. The van der Waals surface area contributed by atoms with E-state index >= 15 is 0 Å². The Morgan fingerprint density at radius 2 is 1.82 bits per heavy atom. The van der Waals surface area contributed by atoms with Gasteiger partial charge in [-0.15, -0.1) is 11.3 Å². The Morgan fingerprint density at radius 3 is 2.59 bits per heavy atom. The van der Waals surface area contributed by atoms with Crippen LogP contribution >= 0.6 is 46.3 Å². The molecule has 0 bridgehead atoms. The maximum Gasteiger partial charge on any atom is 0.186 e. The van der Waals surface area contributed by atoms with Crippen LogP contribution in [0.3, 0.4) is 0 Å². The van der Waals surface area contributed by atoms with Gasteiger partial charge in [0.15, 0.2) is 10.1 Å². The van der Waals surface area contributed by atoms with Crippen molar-refractivity contribution in [1.82, 2.24) is 4.98 Å². The van der Waals surface area contributed by atoms with E-state index in [-0.39, 0.29) is 5.78 Å². The molecule has 0 unspecified atom stereocenters. The lowest BCUT2D eigenvalue weighted by Crippen LogP contribution is -1.92. The van der Waals surface area contributed by atoms with Gasteiger partial charge in [-0.2, -0.15) is 0 Å². The Balaban J connectivity index is 1.70. The minimum absolute atomic E-state index is 0.0617. The monoisotopic (exact) mass is 365 g/mol. The van der Waals surface area contributed by atoms with Gasteiger partial charge in [0, 0.05) is 15.6 Å². The Hall–Kier alpha value is -1.33. The molecule has 0 N–H and O–H groups in total. The standard InChI is InChI=1S/C16H9Cl2NOS2/c17-11-3-1-10(2-4-11)14(20)7-8-21-16-19-13-9-12(18)5-6-15(13)22-16/h1-9H/b8-7+. The Labute approximate surface area is 145 Å². The fourth-order valence-corrected chi connectivity index (χ4v) is 3.85. The van der Waals surface area contributed by atoms with Crippen molar-refractivity contribution in [3.63, 3.8) is 0 Å². The summed E-state index contributed by atoms with van der Waals surface area (Å²) in [6, 6.07) is 12.4. The summed E-state index contributed by atoms with van der Waals surface area (Å²) in [7, 11) is 0. The number of hydrogen-bond acceptors (Lipinski definition) is 4. The van der Waals surface area contributed by atoms with Gasteiger partial charge >= 0.3 is 0 Å². The molecule has 6 heteroatoms. The smallest absolute Gasteiger partial charge is 0.186 e. The fraction of sp³-hybridized carbons (Fsp3) is 0. The van der Waals surface area contributed by atoms with Crippen molar-refractivity contribution in [2.75, 3.05) is 0 Å². The maximum absolute atomic E-state index is 12.0. The highest BCUT2D eigenvalue weighted by atomic mass is 35.5. The lowest BCUT2D eigenvalue weighted by atomic mass is 10.1. The van der Waals surface area contributed by atoms with E-state index in [4.69, 9.17) is 23.2 Å². The molecule has 0 spiro atoms. The zero-order valence-electron chi connectivity index (χ0n) is 11.1. The summed E-state index contributed by atoms with van der Waals surface area (Å²) in [5.74, 6) is -0.0617. The third-order valence-corrected chi connectivity index (χ3v) is 5.27. The second-order valence-electron chi connectivity index (χ2n) is 4.38. The summed E-state index contributed by atoms with van der Waals surface area (Å²) in [6.45, 7) is 0. The van der Waals surface area contributed by atoms with Gasteiger partial charge in [0.05, 0.1) is 10.2 Å². The summed E-state index contributed by atoms with van der Waals surface area (Å²) in [6.07, 6.45) is 1.53. The van der Waals surface area contributed by atoms with Gasteiger partial charge < -0.3 is 0 Å². The number of thiazole rings is 1. The molecule has 0 fully saturated rings. The SMILES string of the molecule is O=C(/C=C/Sc1nc2cc(Cl)ccc2s1)c1ccc(Cl)cc1. The van der Waals surface area contributed by atoms with Crippen molar-refractivity contribution in [2.24, 2.45) is 0 Å². The van der Waals surface area contributed by atoms with Crippen LogP contribution in [0.4, 0.5) is 0 Å². The van der Waals surface area contributed by atoms with Crippen molar-refractivity contribution in [2.45, 2.75) is 4.34 Å². The highest BCUT2D eigenvalue weighted by Crippen LogP contribution is 2.31. The van der Waals surface area contributed by atoms with Gasteiger partial charge in [0.1, 0.15) is 0 Å². The van der Waals surface area contributed by atoms with Crippen molar-refractivity contribution in [3.8, 4) is 0 Å². The van der Waals surface area contributed by atoms with Gasteiger partial charge in [-0.05, 0) is 53.9 Å². The second-order valence-corrected chi connectivity index (χ2v) is 7.44. The van der Waals surface area contributed by atoms with Gasteiger partial charge in [-0.3, -0.25) is 4.79 Å². The first-order chi connectivity index (χ1) is 10.6. The van der Waals surface area contributed by atoms with Crippen molar-refractivity contribution in [3.05, 3.63) is 69.6 Å². The van der Waals surface area contributed by atoms with E-state index in [2.05, 4.69) is 4.98 Å². The van der Waals surface area contributed by atoms with E-state index < -0.39 is 0 Å². The van der Waals surface area contributed by atoms with Crippen LogP contribution in [-0.4, -0.2) is 10.8 Å². The number of nitrogens with zero attached hydrogens (tertiary/aromatic N) is 1. The average molecular weight is 366 g/mol. The lowest BCUT2D eigenvalue weighted by Gasteiger charge is -1.95. The third-order valence-electron chi connectivity index (χ3n) is 2.85. The number of allylic oxidation sites excluding steroid dienone is 1. The molecule has 0 saturated carbocycles. The van der Waals surface area contributed by atoms with E-state index in [1.54, 1.807) is 41.0 Å². The van der Waals surface area contributed by atoms with Crippen LogP contribution in [0.15, 0.2) is 58.3 Å². The summed E-state index contributed by atoms with van der Waals surface area (Å²) in [5, 5.41) is 3.03. The lowest BCUT2D eigenvalue weighted by molar-refractivity contribution is 0.104. The quantitative estimate of drug-likeness (QED) is 0.318. The summed E-state index contributed by atoms with van der Waals surface area (Å²) >= 11 is 14.7. The molecule has 3 aromatic rings. The second kappa shape index (κ2) is 6.84. The topological polar surface area (TPSA) is 30.0 Å². The van der Waals surface area contributed by atoms with Crippen molar-refractivity contribution in [1.29, 1.82) is 0 Å². The van der Waals surface area contributed by atoms with E-state index in [1.807, 2.05) is 18.2 Å². The molecule has 0 aliphatic rings. The summed E-state index contributed by atoms with van der Waals surface area (Å²) in [4.78, 5) is 16.5. The Bertz CT molecular complexity index is 856. The molecule has 0 amide bonds. The number of thioether (sulfide) groups is 1. The molecule has 3 rings (SSSR count). The molecule has 0 aliphatic heterocycles. The molecule has 2 aromatic carbocycles. The molecule has 110 valence electrons. The largest absolute Gasteiger partial charge is 0.289 e. The Kier molecular flexibility index (Phi) is 4.84. The van der Waals surface area contributed by atoms with Gasteiger partial charge in [0.2, 0.25) is 0 Å². The van der Waals surface area contributed by atoms with Crippen LogP contribution in [0, 0.1) is 0 Å². The number of fused-ring (bicyclic) bond motifs is 1. The number of halogens is 2. The predicted octanol–water partition coefficient (Wildman–Crippen LogP) is 6.09. The van der Waals surface area contributed by atoms with E-state index in [1.165, 1.54) is 17.8 Å². The first-order valence-corrected chi connectivity index (χ1v) is 8.76. The molecule has 0 radical (unpaired) electrons. The predicted molar refractivity (Wildman–Crippen MR) is 95.4 cm³/mol. The third kappa shape index (κ3) is 3.70. The van der Waals surface area contributed by atoms with Gasteiger partial charge in [-0.25, -0.2) is 4.98 Å². The average Bonchev–Trinajstić information content (AvgIpc) is 2.89. The van der Waals surface area contributed by atoms with Crippen LogP contribution < -0.4 is 0 Å². The summed E-state index contributed by atoms with van der Waals surface area (Å²) < 4.78 is 1.95. The van der Waals surface area contributed by atoms with Crippen LogP contribution in [-0.2, 0) is 0 Å². The van der Waals surface area contributed by atoms with Crippen LogP contribution in [0.1, 0.15) is 10.4 Å². The number of rotatable bonds is 4. The highest BCUT2D eigenvalue weighted by Gasteiger charge is 2.05. The maximum atomic E-state index is 12.0. The first-order valence-electron chi connectivity index (χ1n) is 6.31. The molecule has 1 aromatic heterocycles. The molecule has 0 aliphatic carbocycles. The van der Waals surface area contributed by atoms with Gasteiger partial charge in [-0.1, -0.05) is 35.0 Å². The minimum atomic E-state index is -0.0617. The normalized spacial score (nSPS) is 11.4. The Morgan fingerprint density at radius 1 is 1.09 bits per heavy atom. The molecule has 0 saturated heterocycles. The minimum Gasteiger partial charge on any atom is -0.289 e. The first kappa shape index (κ1) is 15.6. The highest BCUT2D eigenvalue weighted by molar-refractivity contribution is 8.03. The fourth-order valence-electron chi connectivity index (χ4n) is 1.79. The van der Waals surface area contributed by atoms with E-state index in [0.29, 0.717) is 15.6 Å². The molecule has 0 atom stereocenters. The molecule has 1 heterocycles. The molecule has 2 nitrogen and oxygen atoms in total. The van der Waals surface area contributed by atoms with Crippen LogP contribution in [0.25, 0.3) is 10.2 Å². The molecule has 22 heavy (non-hydrogen) atoms. The van der Waals surface area contributed by atoms with Crippen LogP contribution in [0.2, 0.25) is 10.0 Å². The van der Waals surface area contributed by atoms with Crippen molar-refractivity contribution >= 4 is 62.3 Å². The molecular weight excluding hydrogens is 357 g/mol. The van der Waals surface area contributed by atoms with Gasteiger partial charge in [0.25, 0.3) is 0 Å². The number of aromatic nitrogens is 1. The van der Waals surface area contributed by atoms with E-state index in [0.717, 1.165) is 14.6 Å². The number of carbonyl (C=O) groups is 1. The number of carbonyl (C=O) groups excluding carboxylic acids is 1. The molecular formula is C16H9Cl2NOS2. The summed E-state index contributed by atoms with van der Waals surface area (Å²) in [5.41, 5.74) is 1.48. The number of hydrogen-bond donors (Lipinski definition) is 0. The van der Waals surface area contributed by atoms with Crippen molar-refractivity contribution < 1.29 is 4.79 Å². The number of benzene rings is 2.